The fourth-order valence-corrected chi connectivity index (χ4v) is 3.84. The molecule has 1 aromatic heterocycles. The maximum Gasteiger partial charge on any atom is 0.220 e. The predicted molar refractivity (Wildman–Crippen MR) is 114 cm³/mol. The third-order valence-electron chi connectivity index (χ3n) is 5.41. The molecule has 2 heterocycles. The number of hydrogen-bond acceptors (Lipinski definition) is 3. The van der Waals surface area contributed by atoms with Crippen LogP contribution in [0.1, 0.15) is 43.9 Å². The van der Waals surface area contributed by atoms with Crippen molar-refractivity contribution in [1.82, 2.24) is 10.3 Å². The summed E-state index contributed by atoms with van der Waals surface area (Å²) in [5.41, 5.74) is 3.33. The van der Waals surface area contributed by atoms with Gasteiger partial charge >= 0.3 is 0 Å². The van der Waals surface area contributed by atoms with Crippen LogP contribution in [0.3, 0.4) is 0 Å². The number of carbonyl (C=O) groups excluding carboxylic acids is 1. The minimum absolute atomic E-state index is 0.0566. The van der Waals surface area contributed by atoms with Gasteiger partial charge in [-0.2, -0.15) is 0 Å². The molecule has 0 radical (unpaired) electrons. The van der Waals surface area contributed by atoms with Crippen molar-refractivity contribution >= 4 is 16.8 Å². The maximum absolute atomic E-state index is 12.7. The van der Waals surface area contributed by atoms with E-state index in [-0.39, 0.29) is 17.9 Å². The molecule has 0 spiro atoms. The summed E-state index contributed by atoms with van der Waals surface area (Å²) >= 11 is 0. The monoisotopic (exact) mass is 392 g/mol. The zero-order chi connectivity index (χ0) is 20.2. The SMILES string of the molecule is CC(C)C(NC(=O)CCc1c[nH]c2ccccc12)c1ccc2c(c1)OCCCO2. The molecule has 0 saturated carbocycles. The Hall–Kier alpha value is -2.95. The van der Waals surface area contributed by atoms with E-state index in [0.717, 1.165) is 29.0 Å². The highest BCUT2D eigenvalue weighted by Crippen LogP contribution is 2.34. The van der Waals surface area contributed by atoms with Crippen molar-refractivity contribution < 1.29 is 14.3 Å². The first-order chi connectivity index (χ1) is 14.1. The zero-order valence-electron chi connectivity index (χ0n) is 17.0. The maximum atomic E-state index is 12.7. The molecule has 0 aliphatic carbocycles. The van der Waals surface area contributed by atoms with E-state index in [9.17, 15) is 4.79 Å². The van der Waals surface area contributed by atoms with Gasteiger partial charge in [0.25, 0.3) is 0 Å². The van der Waals surface area contributed by atoms with Crippen LogP contribution < -0.4 is 14.8 Å². The van der Waals surface area contributed by atoms with Gasteiger partial charge in [-0.15, -0.1) is 0 Å². The van der Waals surface area contributed by atoms with Gasteiger partial charge in [0.05, 0.1) is 19.3 Å². The first kappa shape index (κ1) is 19.4. The van der Waals surface area contributed by atoms with Gasteiger partial charge in [0.15, 0.2) is 11.5 Å². The fraction of sp³-hybridized carbons (Fsp3) is 0.375. The molecule has 0 fully saturated rings. The molecular formula is C24H28N2O3. The summed E-state index contributed by atoms with van der Waals surface area (Å²) in [6.07, 6.45) is 4.04. The molecule has 0 bridgehead atoms. The van der Waals surface area contributed by atoms with E-state index in [1.54, 1.807) is 0 Å². The Bertz CT molecular complexity index is 993. The van der Waals surface area contributed by atoms with Crippen LogP contribution in [0.5, 0.6) is 11.5 Å². The lowest BCUT2D eigenvalue weighted by Crippen LogP contribution is -2.31. The fourth-order valence-electron chi connectivity index (χ4n) is 3.84. The van der Waals surface area contributed by atoms with E-state index < -0.39 is 0 Å². The van der Waals surface area contributed by atoms with Crippen LogP contribution in [0.15, 0.2) is 48.7 Å². The van der Waals surface area contributed by atoms with Gasteiger partial charge < -0.3 is 19.8 Å². The van der Waals surface area contributed by atoms with Crippen molar-refractivity contribution in [2.75, 3.05) is 13.2 Å². The molecule has 2 aromatic carbocycles. The van der Waals surface area contributed by atoms with Crippen LogP contribution in [0.4, 0.5) is 0 Å². The Balaban J connectivity index is 1.44. The van der Waals surface area contributed by atoms with Gasteiger partial charge in [0.1, 0.15) is 0 Å². The molecule has 2 N–H and O–H groups in total. The number of benzene rings is 2. The first-order valence-electron chi connectivity index (χ1n) is 10.4. The molecule has 5 nitrogen and oxygen atoms in total. The van der Waals surface area contributed by atoms with Crippen molar-refractivity contribution in [1.29, 1.82) is 0 Å². The van der Waals surface area contributed by atoms with Crippen LogP contribution in [0.25, 0.3) is 10.9 Å². The molecule has 29 heavy (non-hydrogen) atoms. The lowest BCUT2D eigenvalue weighted by Gasteiger charge is -2.24. The number of amides is 1. The minimum atomic E-state index is -0.0670. The lowest BCUT2D eigenvalue weighted by atomic mass is 9.95. The van der Waals surface area contributed by atoms with Gasteiger partial charge in [0.2, 0.25) is 5.91 Å². The number of aromatic nitrogens is 1. The second-order valence-corrected chi connectivity index (χ2v) is 7.91. The average Bonchev–Trinajstić information content (AvgIpc) is 2.99. The quantitative estimate of drug-likeness (QED) is 0.635. The first-order valence-corrected chi connectivity index (χ1v) is 10.4. The molecular weight excluding hydrogens is 364 g/mol. The summed E-state index contributed by atoms with van der Waals surface area (Å²) in [6.45, 7) is 5.56. The van der Waals surface area contributed by atoms with Crippen molar-refractivity contribution in [3.63, 3.8) is 0 Å². The molecule has 5 heteroatoms. The molecule has 1 atom stereocenters. The van der Waals surface area contributed by atoms with E-state index in [1.165, 1.54) is 10.9 Å². The third-order valence-corrected chi connectivity index (χ3v) is 5.41. The third kappa shape index (κ3) is 4.39. The number of para-hydroxylation sites is 1. The Morgan fingerprint density at radius 3 is 2.72 bits per heavy atom. The minimum Gasteiger partial charge on any atom is -0.490 e. The summed E-state index contributed by atoms with van der Waals surface area (Å²) in [4.78, 5) is 16.0. The van der Waals surface area contributed by atoms with E-state index in [4.69, 9.17) is 9.47 Å². The van der Waals surface area contributed by atoms with Crippen molar-refractivity contribution in [3.8, 4) is 11.5 Å². The Morgan fingerprint density at radius 2 is 1.90 bits per heavy atom. The number of carbonyl (C=O) groups is 1. The largest absolute Gasteiger partial charge is 0.490 e. The molecule has 152 valence electrons. The summed E-state index contributed by atoms with van der Waals surface area (Å²) in [5.74, 6) is 1.86. The van der Waals surface area contributed by atoms with Gasteiger partial charge in [-0.25, -0.2) is 0 Å². The van der Waals surface area contributed by atoms with Gasteiger partial charge in [0, 0.05) is 29.9 Å². The van der Waals surface area contributed by atoms with E-state index in [1.807, 2.05) is 36.5 Å². The topological polar surface area (TPSA) is 63.4 Å². The highest BCUT2D eigenvalue weighted by atomic mass is 16.5. The summed E-state index contributed by atoms with van der Waals surface area (Å²) in [7, 11) is 0. The standard InChI is InChI=1S/C24H28N2O3/c1-16(2)24(17-8-10-21-22(14-17)29-13-5-12-28-21)26-23(27)11-9-18-15-25-20-7-4-3-6-19(18)20/h3-4,6-8,10,14-16,24-25H,5,9,11-13H2,1-2H3,(H,26,27). The molecule has 1 aliphatic rings. The number of nitrogens with one attached hydrogen (secondary N) is 2. The van der Waals surface area contributed by atoms with Crippen molar-refractivity contribution in [2.45, 2.75) is 39.2 Å². The highest BCUT2D eigenvalue weighted by Gasteiger charge is 2.21. The summed E-state index contributed by atoms with van der Waals surface area (Å²) in [5, 5.41) is 4.40. The number of aromatic amines is 1. The number of aryl methyl sites for hydroxylation is 1. The summed E-state index contributed by atoms with van der Waals surface area (Å²) < 4.78 is 11.5. The normalized spacial score (nSPS) is 14.6. The molecule has 3 aromatic rings. The number of fused-ring (bicyclic) bond motifs is 2. The van der Waals surface area contributed by atoms with Crippen LogP contribution >= 0.6 is 0 Å². The van der Waals surface area contributed by atoms with E-state index >= 15 is 0 Å². The number of rotatable bonds is 6. The summed E-state index contributed by atoms with van der Waals surface area (Å²) in [6, 6.07) is 14.1. The van der Waals surface area contributed by atoms with Gasteiger partial charge in [-0.05, 0) is 41.7 Å². The van der Waals surface area contributed by atoms with Crippen molar-refractivity contribution in [2.24, 2.45) is 5.92 Å². The molecule has 1 aliphatic heterocycles. The zero-order valence-corrected chi connectivity index (χ0v) is 17.0. The Morgan fingerprint density at radius 1 is 1.10 bits per heavy atom. The Kier molecular flexibility index (Phi) is 5.74. The second-order valence-electron chi connectivity index (χ2n) is 7.91. The van der Waals surface area contributed by atoms with E-state index in [0.29, 0.717) is 26.1 Å². The Labute approximate surface area is 171 Å². The molecule has 4 rings (SSSR count). The van der Waals surface area contributed by atoms with Crippen LogP contribution in [0, 0.1) is 5.92 Å². The number of H-pyrrole nitrogens is 1. The highest BCUT2D eigenvalue weighted by molar-refractivity contribution is 5.84. The van der Waals surface area contributed by atoms with Gasteiger partial charge in [-0.1, -0.05) is 38.1 Å². The van der Waals surface area contributed by atoms with Crippen molar-refractivity contribution in [3.05, 3.63) is 59.8 Å². The second kappa shape index (κ2) is 8.60. The van der Waals surface area contributed by atoms with E-state index in [2.05, 4.69) is 36.3 Å². The smallest absolute Gasteiger partial charge is 0.220 e. The van der Waals surface area contributed by atoms with Crippen LogP contribution in [-0.2, 0) is 11.2 Å². The van der Waals surface area contributed by atoms with Crippen LogP contribution in [0.2, 0.25) is 0 Å². The average molecular weight is 392 g/mol. The number of hydrogen-bond donors (Lipinski definition) is 2. The van der Waals surface area contributed by atoms with Crippen LogP contribution in [-0.4, -0.2) is 24.1 Å². The lowest BCUT2D eigenvalue weighted by molar-refractivity contribution is -0.122. The number of ether oxygens (including phenoxy) is 2. The predicted octanol–water partition coefficient (Wildman–Crippen LogP) is 4.78. The molecule has 1 unspecified atom stereocenters. The molecule has 0 saturated heterocycles. The van der Waals surface area contributed by atoms with Gasteiger partial charge in [-0.3, -0.25) is 4.79 Å². The molecule has 1 amide bonds.